The number of rotatable bonds is 6. The van der Waals surface area contributed by atoms with E-state index in [1.165, 1.54) is 11.8 Å². The minimum atomic E-state index is 0.0317. The first-order chi connectivity index (χ1) is 12.7. The monoisotopic (exact) mass is 369 g/mol. The summed E-state index contributed by atoms with van der Waals surface area (Å²) in [6.45, 7) is 0.465. The Labute approximate surface area is 156 Å². The van der Waals surface area contributed by atoms with E-state index in [4.69, 9.17) is 9.47 Å². The van der Waals surface area contributed by atoms with Gasteiger partial charge in [0.15, 0.2) is 5.17 Å². The molecule has 134 valence electrons. The number of amidine groups is 1. The molecule has 1 saturated heterocycles. The van der Waals surface area contributed by atoms with Gasteiger partial charge in [0.25, 0.3) is 0 Å². The SMILES string of the molecule is COc1ccc(C=NN=C2SCC(=O)N2Cc2ccc(OC)cc2)cc1. The van der Waals surface area contributed by atoms with Crippen LogP contribution >= 0.6 is 11.8 Å². The maximum absolute atomic E-state index is 12.1. The standard InChI is InChI=1S/C19H19N3O3S/c1-24-16-7-3-14(4-8-16)11-20-21-19-22(18(23)13-26-19)12-15-5-9-17(25-2)10-6-15/h3-11H,12-13H2,1-2H3. The summed E-state index contributed by atoms with van der Waals surface area (Å²) in [5, 5.41) is 8.95. The summed E-state index contributed by atoms with van der Waals surface area (Å²) in [4.78, 5) is 13.8. The molecular weight excluding hydrogens is 350 g/mol. The number of nitrogens with zero attached hydrogens (tertiary/aromatic N) is 3. The minimum absolute atomic E-state index is 0.0317. The molecule has 0 unspecified atom stereocenters. The number of carbonyl (C=O) groups is 1. The molecule has 1 amide bonds. The van der Waals surface area contributed by atoms with Crippen molar-refractivity contribution in [1.29, 1.82) is 0 Å². The zero-order valence-electron chi connectivity index (χ0n) is 14.6. The van der Waals surface area contributed by atoms with Crippen molar-refractivity contribution in [2.75, 3.05) is 20.0 Å². The molecule has 0 aromatic heterocycles. The topological polar surface area (TPSA) is 63.5 Å². The second kappa shape index (κ2) is 8.53. The first-order valence-electron chi connectivity index (χ1n) is 8.01. The molecule has 1 fully saturated rings. The maximum atomic E-state index is 12.1. The second-order valence-electron chi connectivity index (χ2n) is 5.52. The van der Waals surface area contributed by atoms with E-state index in [0.717, 1.165) is 22.6 Å². The molecule has 3 rings (SSSR count). The highest BCUT2D eigenvalue weighted by Gasteiger charge is 2.28. The zero-order chi connectivity index (χ0) is 18.4. The van der Waals surface area contributed by atoms with E-state index in [2.05, 4.69) is 10.2 Å². The molecule has 0 N–H and O–H groups in total. The van der Waals surface area contributed by atoms with E-state index in [1.54, 1.807) is 25.3 Å². The van der Waals surface area contributed by atoms with E-state index in [0.29, 0.717) is 17.5 Å². The summed E-state index contributed by atoms with van der Waals surface area (Å²) < 4.78 is 10.3. The van der Waals surface area contributed by atoms with Crippen molar-refractivity contribution in [3.63, 3.8) is 0 Å². The van der Waals surface area contributed by atoms with Gasteiger partial charge in [-0.3, -0.25) is 9.69 Å². The van der Waals surface area contributed by atoms with Crippen molar-refractivity contribution in [3.05, 3.63) is 59.7 Å². The highest BCUT2D eigenvalue weighted by molar-refractivity contribution is 8.15. The van der Waals surface area contributed by atoms with E-state index >= 15 is 0 Å². The van der Waals surface area contributed by atoms with Crippen LogP contribution in [0.2, 0.25) is 0 Å². The van der Waals surface area contributed by atoms with Crippen LogP contribution in [-0.2, 0) is 11.3 Å². The lowest BCUT2D eigenvalue weighted by Crippen LogP contribution is -2.28. The molecule has 6 nitrogen and oxygen atoms in total. The van der Waals surface area contributed by atoms with Gasteiger partial charge in [0.05, 0.1) is 32.7 Å². The molecule has 7 heteroatoms. The fourth-order valence-electron chi connectivity index (χ4n) is 2.38. The van der Waals surface area contributed by atoms with Crippen LogP contribution in [0.25, 0.3) is 0 Å². The number of amides is 1. The highest BCUT2D eigenvalue weighted by Crippen LogP contribution is 2.23. The predicted molar refractivity (Wildman–Crippen MR) is 104 cm³/mol. The van der Waals surface area contributed by atoms with Crippen molar-refractivity contribution >= 4 is 29.1 Å². The smallest absolute Gasteiger partial charge is 0.239 e. The van der Waals surface area contributed by atoms with E-state index in [9.17, 15) is 4.79 Å². The average Bonchev–Trinajstić information content (AvgIpc) is 3.03. The van der Waals surface area contributed by atoms with Crippen LogP contribution in [0.1, 0.15) is 11.1 Å². The molecule has 0 atom stereocenters. The Morgan fingerprint density at radius 3 is 2.27 bits per heavy atom. The molecule has 2 aromatic rings. The molecule has 0 saturated carbocycles. The number of thioether (sulfide) groups is 1. The van der Waals surface area contributed by atoms with Crippen LogP contribution in [0, 0.1) is 0 Å². The van der Waals surface area contributed by atoms with Gasteiger partial charge in [0, 0.05) is 0 Å². The lowest BCUT2D eigenvalue weighted by molar-refractivity contribution is -0.124. The van der Waals surface area contributed by atoms with Crippen LogP contribution in [0.15, 0.2) is 58.7 Å². The van der Waals surface area contributed by atoms with Crippen LogP contribution in [0.5, 0.6) is 11.5 Å². The second-order valence-corrected chi connectivity index (χ2v) is 6.46. The average molecular weight is 369 g/mol. The molecule has 0 aliphatic carbocycles. The van der Waals surface area contributed by atoms with Gasteiger partial charge in [-0.25, -0.2) is 0 Å². The third kappa shape index (κ3) is 4.43. The number of carbonyl (C=O) groups excluding carboxylic acids is 1. The van der Waals surface area contributed by atoms with E-state index in [1.807, 2.05) is 48.5 Å². The summed E-state index contributed by atoms with van der Waals surface area (Å²) >= 11 is 1.39. The van der Waals surface area contributed by atoms with Crippen molar-refractivity contribution in [2.45, 2.75) is 6.54 Å². The molecule has 2 aromatic carbocycles. The lowest BCUT2D eigenvalue weighted by Gasteiger charge is -2.15. The summed E-state index contributed by atoms with van der Waals surface area (Å²) in [7, 11) is 3.25. The fourth-order valence-corrected chi connectivity index (χ4v) is 3.21. The predicted octanol–water partition coefficient (Wildman–Crippen LogP) is 3.17. The van der Waals surface area contributed by atoms with Crippen LogP contribution in [-0.4, -0.2) is 42.2 Å². The number of ether oxygens (including phenoxy) is 2. The van der Waals surface area contributed by atoms with Gasteiger partial charge < -0.3 is 9.47 Å². The van der Waals surface area contributed by atoms with Crippen LogP contribution in [0.4, 0.5) is 0 Å². The number of methoxy groups -OCH3 is 2. The lowest BCUT2D eigenvalue weighted by atomic mass is 10.2. The third-order valence-corrected chi connectivity index (χ3v) is 4.77. The van der Waals surface area contributed by atoms with Crippen molar-refractivity contribution in [2.24, 2.45) is 10.2 Å². The Morgan fingerprint density at radius 1 is 1.04 bits per heavy atom. The number of hydrogen-bond acceptors (Lipinski definition) is 6. The first-order valence-corrected chi connectivity index (χ1v) is 8.99. The minimum Gasteiger partial charge on any atom is -0.497 e. The first kappa shape index (κ1) is 18.0. The van der Waals surface area contributed by atoms with Crippen LogP contribution < -0.4 is 9.47 Å². The van der Waals surface area contributed by atoms with E-state index < -0.39 is 0 Å². The molecular formula is C19H19N3O3S. The van der Waals surface area contributed by atoms with Gasteiger partial charge in [-0.15, -0.1) is 5.10 Å². The van der Waals surface area contributed by atoms with Gasteiger partial charge in [-0.05, 0) is 47.5 Å². The summed E-state index contributed by atoms with van der Waals surface area (Å²) in [5.74, 6) is 1.99. The molecule has 1 aliphatic heterocycles. The largest absolute Gasteiger partial charge is 0.497 e. The molecule has 26 heavy (non-hydrogen) atoms. The van der Waals surface area contributed by atoms with Crippen molar-refractivity contribution in [1.82, 2.24) is 4.90 Å². The number of benzene rings is 2. The summed E-state index contributed by atoms with van der Waals surface area (Å²) in [6, 6.07) is 15.1. The van der Waals surface area contributed by atoms with E-state index in [-0.39, 0.29) is 5.91 Å². The van der Waals surface area contributed by atoms with Gasteiger partial charge in [-0.2, -0.15) is 5.10 Å². The zero-order valence-corrected chi connectivity index (χ0v) is 15.4. The summed E-state index contributed by atoms with van der Waals surface area (Å²) in [6.07, 6.45) is 1.65. The molecule has 1 aliphatic rings. The molecule has 1 heterocycles. The van der Waals surface area contributed by atoms with Gasteiger partial charge in [-0.1, -0.05) is 23.9 Å². The Morgan fingerprint density at radius 2 is 1.65 bits per heavy atom. The molecule has 0 spiro atoms. The Hall–Kier alpha value is -2.80. The van der Waals surface area contributed by atoms with Crippen LogP contribution in [0.3, 0.4) is 0 Å². The van der Waals surface area contributed by atoms with Crippen molar-refractivity contribution < 1.29 is 14.3 Å². The Bertz CT molecular complexity index is 817. The molecule has 0 radical (unpaired) electrons. The third-order valence-electron chi connectivity index (χ3n) is 3.82. The van der Waals surface area contributed by atoms with Gasteiger partial charge >= 0.3 is 0 Å². The van der Waals surface area contributed by atoms with Gasteiger partial charge in [0.1, 0.15) is 11.5 Å². The van der Waals surface area contributed by atoms with Gasteiger partial charge in [0.2, 0.25) is 5.91 Å². The quantitative estimate of drug-likeness (QED) is 0.580. The molecule has 0 bridgehead atoms. The Balaban J connectivity index is 1.69. The Kier molecular flexibility index (Phi) is 5.91. The normalized spacial score (nSPS) is 15.8. The van der Waals surface area contributed by atoms with Crippen molar-refractivity contribution in [3.8, 4) is 11.5 Å². The highest BCUT2D eigenvalue weighted by atomic mass is 32.2. The fraction of sp³-hybridized carbons (Fsp3) is 0.211. The summed E-state index contributed by atoms with van der Waals surface area (Å²) in [5.41, 5.74) is 1.92. The number of hydrogen-bond donors (Lipinski definition) is 0. The maximum Gasteiger partial charge on any atom is 0.239 e.